The molecule has 156 valence electrons. The fourth-order valence-corrected chi connectivity index (χ4v) is 4.86. The van der Waals surface area contributed by atoms with Gasteiger partial charge in [-0.2, -0.15) is 0 Å². The molecular weight excluding hydrogens is 408 g/mol. The molecule has 0 atom stereocenters. The first-order chi connectivity index (χ1) is 15.1. The normalized spacial score (nSPS) is 11.6. The first-order valence-corrected chi connectivity index (χ1v) is 11.2. The maximum absolute atomic E-state index is 12.8. The molecule has 0 saturated heterocycles. The molecule has 3 heterocycles. The molecule has 0 fully saturated rings. The molecule has 0 amide bonds. The van der Waals surface area contributed by atoms with Crippen LogP contribution in [0.3, 0.4) is 0 Å². The van der Waals surface area contributed by atoms with E-state index in [9.17, 15) is 4.79 Å². The van der Waals surface area contributed by atoms with E-state index in [2.05, 4.69) is 51.8 Å². The van der Waals surface area contributed by atoms with Crippen LogP contribution in [0.1, 0.15) is 23.9 Å². The second kappa shape index (κ2) is 7.70. The molecule has 31 heavy (non-hydrogen) atoms. The van der Waals surface area contributed by atoms with Crippen molar-refractivity contribution in [1.29, 1.82) is 0 Å². The van der Waals surface area contributed by atoms with Crippen LogP contribution in [-0.4, -0.2) is 28.7 Å². The predicted molar refractivity (Wildman–Crippen MR) is 123 cm³/mol. The zero-order chi connectivity index (χ0) is 21.5. The molecule has 2 aromatic carbocycles. The highest BCUT2D eigenvalue weighted by molar-refractivity contribution is 7.98. The molecule has 0 saturated carbocycles. The summed E-state index contributed by atoms with van der Waals surface area (Å²) in [4.78, 5) is 17.4. The van der Waals surface area contributed by atoms with Crippen LogP contribution in [0.25, 0.3) is 22.4 Å². The molecule has 0 aliphatic rings. The highest BCUT2D eigenvalue weighted by atomic mass is 32.2. The van der Waals surface area contributed by atoms with Gasteiger partial charge in [-0.25, -0.2) is 4.98 Å². The lowest BCUT2D eigenvalue weighted by molar-refractivity contribution is 0.735. The standard InChI is InChI=1S/C23H22N6OS/c1-4-27-21(30)17-7-5-6-8-19(17)29-20(25-26-22(27)29)14-31-23-24-11-12-28(23)18-10-9-15(2)13-16(18)3/h5-13H,4,14H2,1-3H3. The van der Waals surface area contributed by atoms with Crippen molar-refractivity contribution in [3.63, 3.8) is 0 Å². The number of nitrogens with zero attached hydrogens (tertiary/aromatic N) is 6. The molecule has 0 spiro atoms. The predicted octanol–water partition coefficient (Wildman–Crippen LogP) is 4.16. The molecule has 0 aliphatic carbocycles. The van der Waals surface area contributed by atoms with Gasteiger partial charge in [0.1, 0.15) is 5.82 Å². The van der Waals surface area contributed by atoms with E-state index in [4.69, 9.17) is 0 Å². The van der Waals surface area contributed by atoms with E-state index < -0.39 is 0 Å². The Hall–Kier alpha value is -3.39. The van der Waals surface area contributed by atoms with Crippen LogP contribution in [0.2, 0.25) is 0 Å². The summed E-state index contributed by atoms with van der Waals surface area (Å²) in [7, 11) is 0. The van der Waals surface area contributed by atoms with Gasteiger partial charge >= 0.3 is 0 Å². The molecule has 0 bridgehead atoms. The van der Waals surface area contributed by atoms with E-state index in [1.807, 2.05) is 48.0 Å². The monoisotopic (exact) mass is 430 g/mol. The summed E-state index contributed by atoms with van der Waals surface area (Å²) in [6.07, 6.45) is 3.79. The summed E-state index contributed by atoms with van der Waals surface area (Å²) in [6, 6.07) is 14.0. The van der Waals surface area contributed by atoms with Crippen LogP contribution < -0.4 is 5.56 Å². The third-order valence-electron chi connectivity index (χ3n) is 5.44. The number of imidazole rings is 1. The lowest BCUT2D eigenvalue weighted by atomic mass is 10.1. The van der Waals surface area contributed by atoms with Gasteiger partial charge in [0.25, 0.3) is 5.56 Å². The number of hydrogen-bond donors (Lipinski definition) is 0. The third-order valence-corrected chi connectivity index (χ3v) is 6.40. The number of aryl methyl sites for hydroxylation is 3. The molecule has 0 N–H and O–H groups in total. The van der Waals surface area contributed by atoms with Crippen molar-refractivity contribution in [2.45, 2.75) is 38.2 Å². The fourth-order valence-electron chi connectivity index (χ4n) is 3.98. The number of benzene rings is 2. The Balaban J connectivity index is 1.56. The quantitative estimate of drug-likeness (QED) is 0.392. The van der Waals surface area contributed by atoms with Crippen LogP contribution in [0.5, 0.6) is 0 Å². The number of thioether (sulfide) groups is 1. The minimum atomic E-state index is -0.0393. The van der Waals surface area contributed by atoms with Gasteiger partial charge in [0, 0.05) is 18.9 Å². The summed E-state index contributed by atoms with van der Waals surface area (Å²) in [6.45, 7) is 6.69. The molecule has 5 aromatic rings. The van der Waals surface area contributed by atoms with Gasteiger partial charge in [-0.15, -0.1) is 10.2 Å². The van der Waals surface area contributed by atoms with Gasteiger partial charge in [-0.05, 0) is 44.5 Å². The Bertz CT molecular complexity index is 1480. The second-order valence-electron chi connectivity index (χ2n) is 7.48. The minimum absolute atomic E-state index is 0.0393. The van der Waals surface area contributed by atoms with Crippen LogP contribution in [-0.2, 0) is 12.3 Å². The van der Waals surface area contributed by atoms with E-state index in [1.165, 1.54) is 11.1 Å². The molecule has 7 nitrogen and oxygen atoms in total. The van der Waals surface area contributed by atoms with Crippen LogP contribution in [0.15, 0.2) is 64.8 Å². The summed E-state index contributed by atoms with van der Waals surface area (Å²) >= 11 is 1.60. The fraction of sp³-hybridized carbons (Fsp3) is 0.217. The van der Waals surface area contributed by atoms with E-state index in [0.29, 0.717) is 23.5 Å². The van der Waals surface area contributed by atoms with Crippen LogP contribution in [0, 0.1) is 13.8 Å². The molecule has 0 radical (unpaired) electrons. The number of rotatable bonds is 5. The Morgan fingerprint density at radius 1 is 1.06 bits per heavy atom. The van der Waals surface area contributed by atoms with Crippen molar-refractivity contribution < 1.29 is 0 Å². The molecule has 5 rings (SSSR count). The summed E-state index contributed by atoms with van der Waals surface area (Å²) in [5.74, 6) is 1.93. The highest BCUT2D eigenvalue weighted by Gasteiger charge is 2.17. The maximum atomic E-state index is 12.8. The lowest BCUT2D eigenvalue weighted by Gasteiger charge is -2.11. The number of para-hydroxylation sites is 1. The molecule has 0 unspecified atom stereocenters. The Morgan fingerprint density at radius 2 is 1.90 bits per heavy atom. The first kappa shape index (κ1) is 19.6. The van der Waals surface area contributed by atoms with Gasteiger partial charge in [0.05, 0.1) is 22.3 Å². The Kier molecular flexibility index (Phi) is 4.86. The Labute approximate surface area is 183 Å². The van der Waals surface area contributed by atoms with Crippen molar-refractivity contribution in [2.24, 2.45) is 0 Å². The number of fused-ring (bicyclic) bond motifs is 3. The first-order valence-electron chi connectivity index (χ1n) is 10.2. The van der Waals surface area contributed by atoms with Gasteiger partial charge < -0.3 is 0 Å². The van der Waals surface area contributed by atoms with Gasteiger partial charge in [0.15, 0.2) is 5.16 Å². The van der Waals surface area contributed by atoms with E-state index in [1.54, 1.807) is 16.3 Å². The second-order valence-corrected chi connectivity index (χ2v) is 8.42. The molecule has 3 aromatic heterocycles. The Morgan fingerprint density at radius 3 is 2.71 bits per heavy atom. The van der Waals surface area contributed by atoms with E-state index in [-0.39, 0.29) is 5.56 Å². The highest BCUT2D eigenvalue weighted by Crippen LogP contribution is 2.26. The van der Waals surface area contributed by atoms with E-state index >= 15 is 0 Å². The summed E-state index contributed by atoms with van der Waals surface area (Å²) in [5, 5.41) is 10.3. The summed E-state index contributed by atoms with van der Waals surface area (Å²) < 4.78 is 5.75. The van der Waals surface area contributed by atoms with E-state index in [0.717, 1.165) is 22.2 Å². The number of aromatic nitrogens is 6. The van der Waals surface area contributed by atoms with Gasteiger partial charge in [-0.1, -0.05) is 41.6 Å². The molecular formula is C23H22N6OS. The molecule has 0 aliphatic heterocycles. The van der Waals surface area contributed by atoms with Crippen LogP contribution in [0.4, 0.5) is 0 Å². The smallest absolute Gasteiger partial charge is 0.262 e. The zero-order valence-corrected chi connectivity index (χ0v) is 18.4. The topological polar surface area (TPSA) is 70.0 Å². The van der Waals surface area contributed by atoms with Crippen molar-refractivity contribution in [2.75, 3.05) is 0 Å². The van der Waals surface area contributed by atoms with Crippen molar-refractivity contribution in [1.82, 2.24) is 28.7 Å². The lowest BCUT2D eigenvalue weighted by Crippen LogP contribution is -2.22. The van der Waals surface area contributed by atoms with Crippen molar-refractivity contribution >= 4 is 28.4 Å². The molecule has 8 heteroatoms. The van der Waals surface area contributed by atoms with Crippen molar-refractivity contribution in [3.05, 3.63) is 82.2 Å². The zero-order valence-electron chi connectivity index (χ0n) is 17.6. The average Bonchev–Trinajstić information content (AvgIpc) is 3.40. The van der Waals surface area contributed by atoms with Gasteiger partial charge in [0.2, 0.25) is 5.78 Å². The van der Waals surface area contributed by atoms with Gasteiger partial charge in [-0.3, -0.25) is 18.3 Å². The minimum Gasteiger partial charge on any atom is -0.295 e. The van der Waals surface area contributed by atoms with Crippen molar-refractivity contribution in [3.8, 4) is 5.69 Å². The third kappa shape index (κ3) is 3.23. The average molecular weight is 431 g/mol. The SMILES string of the molecule is CCn1c(=O)c2ccccc2n2c(CSc3nccn3-c3ccc(C)cc3C)nnc12. The summed E-state index contributed by atoms with van der Waals surface area (Å²) in [5.41, 5.74) is 4.33. The van der Waals surface area contributed by atoms with Crippen LogP contribution >= 0.6 is 11.8 Å². The number of hydrogen-bond acceptors (Lipinski definition) is 5. The largest absolute Gasteiger partial charge is 0.295 e. The maximum Gasteiger partial charge on any atom is 0.262 e.